The van der Waals surface area contributed by atoms with E-state index in [9.17, 15) is 18.0 Å². The highest BCUT2D eigenvalue weighted by molar-refractivity contribution is 6.31. The quantitative estimate of drug-likeness (QED) is 0.250. The van der Waals surface area contributed by atoms with Crippen molar-refractivity contribution in [2.24, 2.45) is 0 Å². The molecule has 120 valence electrons. The molecule has 0 amide bonds. The van der Waals surface area contributed by atoms with Crippen molar-refractivity contribution in [2.45, 2.75) is 6.18 Å². The summed E-state index contributed by atoms with van der Waals surface area (Å²) in [6, 6.07) is 10.4. The molecule has 2 heterocycles. The van der Waals surface area contributed by atoms with Crippen molar-refractivity contribution in [3.63, 3.8) is 0 Å². The Hall–Kier alpha value is -2.60. The van der Waals surface area contributed by atoms with E-state index >= 15 is 0 Å². The highest BCUT2D eigenvalue weighted by Crippen LogP contribution is 2.40. The second kappa shape index (κ2) is 4.95. The van der Waals surface area contributed by atoms with Crippen LogP contribution in [0.1, 0.15) is 5.56 Å². The number of fused-ring (bicyclic) bond motifs is 4. The van der Waals surface area contributed by atoms with Crippen LogP contribution in [0.3, 0.4) is 0 Å². The molecule has 7 heteroatoms. The summed E-state index contributed by atoms with van der Waals surface area (Å²) in [6.45, 7) is 0. The second-order valence-corrected chi connectivity index (χ2v) is 5.69. The van der Waals surface area contributed by atoms with Crippen LogP contribution < -0.4 is 5.63 Å². The first-order valence-electron chi connectivity index (χ1n) is 6.88. The average Bonchev–Trinajstić information content (AvgIpc) is 2.52. The number of halogens is 4. The minimum absolute atomic E-state index is 0.0380. The SMILES string of the molecule is O=c1oc2ccccc2c2nc3ccc(Cl)cc3c(C(F)(F)F)c12. The molecule has 0 aliphatic heterocycles. The van der Waals surface area contributed by atoms with Crippen molar-refractivity contribution < 1.29 is 17.6 Å². The molecular formula is C17H7ClF3NO2. The Balaban J connectivity index is 2.38. The number of pyridine rings is 1. The van der Waals surface area contributed by atoms with Gasteiger partial charge in [-0.15, -0.1) is 0 Å². The zero-order chi connectivity index (χ0) is 17.1. The molecule has 24 heavy (non-hydrogen) atoms. The first-order chi connectivity index (χ1) is 11.4. The third-order valence-corrected chi connectivity index (χ3v) is 4.01. The highest BCUT2D eigenvalue weighted by Gasteiger charge is 2.37. The highest BCUT2D eigenvalue weighted by atomic mass is 35.5. The first kappa shape index (κ1) is 15.0. The van der Waals surface area contributed by atoms with Gasteiger partial charge in [0.15, 0.2) is 0 Å². The van der Waals surface area contributed by atoms with E-state index in [1.54, 1.807) is 18.2 Å². The lowest BCUT2D eigenvalue weighted by Gasteiger charge is -2.14. The molecule has 4 rings (SSSR count). The molecule has 0 saturated heterocycles. The summed E-state index contributed by atoms with van der Waals surface area (Å²) < 4.78 is 46.2. The Morgan fingerprint density at radius 1 is 1.04 bits per heavy atom. The first-order valence-corrected chi connectivity index (χ1v) is 7.26. The monoisotopic (exact) mass is 349 g/mol. The minimum Gasteiger partial charge on any atom is -0.422 e. The summed E-state index contributed by atoms with van der Waals surface area (Å²) in [7, 11) is 0. The maximum Gasteiger partial charge on any atom is 0.417 e. The third-order valence-electron chi connectivity index (χ3n) is 3.78. The fourth-order valence-corrected chi connectivity index (χ4v) is 3.00. The Bertz CT molecular complexity index is 1180. The molecule has 0 atom stereocenters. The van der Waals surface area contributed by atoms with Crippen molar-refractivity contribution in [2.75, 3.05) is 0 Å². The lowest BCUT2D eigenvalue weighted by Crippen LogP contribution is -2.14. The van der Waals surface area contributed by atoms with Crippen molar-refractivity contribution >= 4 is 44.4 Å². The molecule has 0 radical (unpaired) electrons. The zero-order valence-corrected chi connectivity index (χ0v) is 12.6. The van der Waals surface area contributed by atoms with Gasteiger partial charge in [-0.25, -0.2) is 9.78 Å². The Morgan fingerprint density at radius 2 is 1.79 bits per heavy atom. The van der Waals surface area contributed by atoms with Gasteiger partial charge in [-0.2, -0.15) is 13.2 Å². The number of aromatic nitrogens is 1. The second-order valence-electron chi connectivity index (χ2n) is 5.26. The molecular weight excluding hydrogens is 343 g/mol. The smallest absolute Gasteiger partial charge is 0.417 e. The largest absolute Gasteiger partial charge is 0.422 e. The topological polar surface area (TPSA) is 43.1 Å². The minimum atomic E-state index is -4.76. The molecule has 0 aliphatic carbocycles. The van der Waals surface area contributed by atoms with Gasteiger partial charge in [0.2, 0.25) is 0 Å². The van der Waals surface area contributed by atoms with Crippen molar-refractivity contribution in [3.05, 3.63) is 63.5 Å². The maximum absolute atomic E-state index is 13.7. The zero-order valence-electron chi connectivity index (χ0n) is 11.8. The molecule has 0 aliphatic rings. The summed E-state index contributed by atoms with van der Waals surface area (Å²) in [5.41, 5.74) is -1.90. The van der Waals surface area contributed by atoms with Crippen LogP contribution in [0.25, 0.3) is 32.8 Å². The van der Waals surface area contributed by atoms with E-state index in [-0.39, 0.29) is 27.0 Å². The molecule has 0 N–H and O–H groups in total. The van der Waals surface area contributed by atoms with E-state index in [2.05, 4.69) is 4.98 Å². The van der Waals surface area contributed by atoms with Crippen LogP contribution in [0.2, 0.25) is 5.02 Å². The lowest BCUT2D eigenvalue weighted by atomic mass is 10.0. The van der Waals surface area contributed by atoms with Crippen molar-refractivity contribution in [3.8, 4) is 0 Å². The van der Waals surface area contributed by atoms with Gasteiger partial charge in [0, 0.05) is 15.8 Å². The number of para-hydroxylation sites is 1. The van der Waals surface area contributed by atoms with Crippen molar-refractivity contribution in [1.82, 2.24) is 4.98 Å². The third kappa shape index (κ3) is 2.14. The van der Waals surface area contributed by atoms with E-state index in [4.69, 9.17) is 16.0 Å². The van der Waals surface area contributed by atoms with Crippen LogP contribution >= 0.6 is 11.6 Å². The van der Waals surface area contributed by atoms with E-state index in [0.717, 1.165) is 6.07 Å². The van der Waals surface area contributed by atoms with Crippen molar-refractivity contribution in [1.29, 1.82) is 0 Å². The van der Waals surface area contributed by atoms with E-state index in [1.165, 1.54) is 18.2 Å². The normalized spacial score (nSPS) is 12.3. The summed E-state index contributed by atoms with van der Waals surface area (Å²) in [5.74, 6) is 0. The number of hydrogen-bond acceptors (Lipinski definition) is 3. The van der Waals surface area contributed by atoms with E-state index in [1.807, 2.05) is 0 Å². The molecule has 0 saturated carbocycles. The Labute approximate surface area is 137 Å². The standard InChI is InChI=1S/C17H7ClF3NO2/c18-8-5-6-11-10(7-8)14(17(19,20)21)13-15(22-11)9-3-1-2-4-12(9)24-16(13)23/h1-7H. The maximum atomic E-state index is 13.7. The van der Waals surface area contributed by atoms with Gasteiger partial charge in [-0.1, -0.05) is 23.7 Å². The van der Waals surface area contributed by atoms with Gasteiger partial charge in [-0.05, 0) is 30.3 Å². The van der Waals surface area contributed by atoms with Crippen LogP contribution in [0.5, 0.6) is 0 Å². The molecule has 0 unspecified atom stereocenters. The van der Waals surface area contributed by atoms with E-state index < -0.39 is 22.8 Å². The Morgan fingerprint density at radius 3 is 2.54 bits per heavy atom. The average molecular weight is 350 g/mol. The van der Waals surface area contributed by atoms with E-state index in [0.29, 0.717) is 5.39 Å². The molecule has 0 spiro atoms. The van der Waals surface area contributed by atoms with Crippen LogP contribution in [0.15, 0.2) is 51.7 Å². The summed E-state index contributed by atoms with van der Waals surface area (Å²) >= 11 is 5.83. The van der Waals surface area contributed by atoms with Crippen LogP contribution in [0, 0.1) is 0 Å². The number of hydrogen-bond donors (Lipinski definition) is 0. The number of alkyl halides is 3. The fraction of sp³-hybridized carbons (Fsp3) is 0.0588. The van der Waals surface area contributed by atoms with Gasteiger partial charge >= 0.3 is 11.8 Å². The van der Waals surface area contributed by atoms with Gasteiger partial charge in [0.1, 0.15) is 5.58 Å². The summed E-state index contributed by atoms with van der Waals surface area (Å²) in [6.07, 6.45) is -4.76. The predicted molar refractivity (Wildman–Crippen MR) is 85.3 cm³/mol. The lowest BCUT2D eigenvalue weighted by molar-refractivity contribution is -0.135. The number of nitrogens with zero attached hydrogens (tertiary/aromatic N) is 1. The summed E-state index contributed by atoms with van der Waals surface area (Å²) in [4.78, 5) is 16.5. The van der Waals surface area contributed by atoms with Gasteiger partial charge in [0.25, 0.3) is 0 Å². The van der Waals surface area contributed by atoms with Crippen LogP contribution in [-0.2, 0) is 6.18 Å². The number of rotatable bonds is 0. The van der Waals surface area contributed by atoms with Crippen LogP contribution in [-0.4, -0.2) is 4.98 Å². The molecule has 0 fully saturated rings. The Kier molecular flexibility index (Phi) is 3.08. The molecule has 2 aromatic heterocycles. The molecule has 3 nitrogen and oxygen atoms in total. The fourth-order valence-electron chi connectivity index (χ4n) is 2.83. The molecule has 2 aromatic carbocycles. The van der Waals surface area contributed by atoms with Gasteiger partial charge in [-0.3, -0.25) is 0 Å². The summed E-state index contributed by atoms with van der Waals surface area (Å²) in [5, 5.41) is -0.352. The predicted octanol–water partition coefficient (Wildman–Crippen LogP) is 5.17. The number of benzene rings is 2. The van der Waals surface area contributed by atoms with Gasteiger partial charge < -0.3 is 4.42 Å². The van der Waals surface area contributed by atoms with Gasteiger partial charge in [0.05, 0.1) is 22.0 Å². The molecule has 0 bridgehead atoms. The van der Waals surface area contributed by atoms with Crippen LogP contribution in [0.4, 0.5) is 13.2 Å². The molecule has 4 aromatic rings.